The topological polar surface area (TPSA) is 93.2 Å². The van der Waals surface area contributed by atoms with Crippen LogP contribution in [0.2, 0.25) is 0 Å². The Bertz CT molecular complexity index is 2010. The van der Waals surface area contributed by atoms with E-state index in [4.69, 9.17) is 5.73 Å². The zero-order valence-corrected chi connectivity index (χ0v) is 29.7. The number of non-ortho nitro benzene ring substituents is 1. The standard InChI is InChI=1S/C23H22N2O2.C23H24N2/c1-18(19-8-4-2-5-9-19)24-17-16-23(20-10-6-3-7-11-20)21-12-14-22(15-13-21)25(26)27;1-18(19-8-4-2-5-9-19)25-17-16-23(20-10-6-3-7-11-20)21-12-14-22(24)15-13-21/h2-16,18,24H,17H2,1H3;2-16,18,25H,17,24H2,1H3/b2*23-16-/t2*18-/m11/s1. The Morgan fingerprint density at radius 3 is 1.23 bits per heavy atom. The van der Waals surface area contributed by atoms with Crippen molar-refractivity contribution in [2.45, 2.75) is 25.9 Å². The van der Waals surface area contributed by atoms with E-state index in [-0.39, 0.29) is 16.7 Å². The van der Waals surface area contributed by atoms with Crippen LogP contribution in [-0.2, 0) is 0 Å². The van der Waals surface area contributed by atoms with Crippen molar-refractivity contribution in [1.29, 1.82) is 0 Å². The average molecular weight is 687 g/mol. The van der Waals surface area contributed by atoms with Gasteiger partial charge in [-0.1, -0.05) is 146 Å². The van der Waals surface area contributed by atoms with Gasteiger partial charge >= 0.3 is 0 Å². The molecule has 0 heterocycles. The minimum Gasteiger partial charge on any atom is -0.399 e. The van der Waals surface area contributed by atoms with Gasteiger partial charge in [-0.2, -0.15) is 0 Å². The summed E-state index contributed by atoms with van der Waals surface area (Å²) in [4.78, 5) is 10.5. The molecule has 0 saturated heterocycles. The highest BCUT2D eigenvalue weighted by molar-refractivity contribution is 5.81. The van der Waals surface area contributed by atoms with Gasteiger partial charge < -0.3 is 16.4 Å². The van der Waals surface area contributed by atoms with Crippen molar-refractivity contribution < 1.29 is 4.92 Å². The van der Waals surface area contributed by atoms with Crippen LogP contribution in [0.25, 0.3) is 11.1 Å². The molecule has 0 unspecified atom stereocenters. The second-order valence-corrected chi connectivity index (χ2v) is 12.5. The third-order valence-electron chi connectivity index (χ3n) is 8.84. The van der Waals surface area contributed by atoms with Crippen molar-refractivity contribution in [3.8, 4) is 0 Å². The number of nitrogens with one attached hydrogen (secondary N) is 2. The van der Waals surface area contributed by atoms with Crippen LogP contribution in [0.5, 0.6) is 0 Å². The number of nitrogen functional groups attached to an aromatic ring is 1. The highest BCUT2D eigenvalue weighted by Crippen LogP contribution is 2.26. The Labute approximate surface area is 307 Å². The number of hydrogen-bond acceptors (Lipinski definition) is 5. The SMILES string of the molecule is C[C@@H](NC/C=C(/c1ccccc1)c1ccc(N)cc1)c1ccccc1.C[C@@H](NC/C=C(/c1ccccc1)c1ccc([N+](=O)[O-])cc1)c1ccccc1. The molecule has 0 aromatic heterocycles. The molecule has 6 nitrogen and oxygen atoms in total. The lowest BCUT2D eigenvalue weighted by atomic mass is 9.97. The minimum absolute atomic E-state index is 0.0991. The van der Waals surface area contributed by atoms with Crippen LogP contribution < -0.4 is 16.4 Å². The van der Waals surface area contributed by atoms with E-state index < -0.39 is 0 Å². The molecule has 0 amide bonds. The number of nitrogens with two attached hydrogens (primary N) is 1. The molecule has 0 aliphatic heterocycles. The predicted octanol–water partition coefficient (Wildman–Crippen LogP) is 10.4. The van der Waals surface area contributed by atoms with Crippen LogP contribution >= 0.6 is 0 Å². The van der Waals surface area contributed by atoms with Crippen LogP contribution in [0.15, 0.2) is 182 Å². The van der Waals surface area contributed by atoms with E-state index in [0.717, 1.165) is 28.9 Å². The second-order valence-electron chi connectivity index (χ2n) is 12.5. The molecule has 0 fully saturated rings. The van der Waals surface area contributed by atoms with Gasteiger partial charge in [0.25, 0.3) is 5.69 Å². The third kappa shape index (κ3) is 11.0. The molecular formula is C46H46N4O2. The van der Waals surface area contributed by atoms with Crippen LogP contribution in [0.4, 0.5) is 11.4 Å². The lowest BCUT2D eigenvalue weighted by Gasteiger charge is -2.14. The van der Waals surface area contributed by atoms with Crippen molar-refractivity contribution in [3.05, 3.63) is 226 Å². The van der Waals surface area contributed by atoms with Gasteiger partial charge in [-0.3, -0.25) is 10.1 Å². The lowest BCUT2D eigenvalue weighted by Crippen LogP contribution is -2.18. The molecule has 0 aliphatic carbocycles. The molecule has 6 aromatic rings. The Morgan fingerprint density at radius 2 is 0.865 bits per heavy atom. The molecule has 4 N–H and O–H groups in total. The molecular weight excluding hydrogens is 641 g/mol. The van der Waals surface area contributed by atoms with E-state index in [1.165, 1.54) is 27.8 Å². The van der Waals surface area contributed by atoms with Crippen LogP contribution in [0.1, 0.15) is 59.3 Å². The van der Waals surface area contributed by atoms with Crippen molar-refractivity contribution in [2.75, 3.05) is 18.8 Å². The highest BCUT2D eigenvalue weighted by Gasteiger charge is 2.10. The van der Waals surface area contributed by atoms with Gasteiger partial charge in [0.05, 0.1) is 4.92 Å². The maximum atomic E-state index is 10.9. The first-order valence-electron chi connectivity index (χ1n) is 17.6. The van der Waals surface area contributed by atoms with E-state index in [9.17, 15) is 10.1 Å². The summed E-state index contributed by atoms with van der Waals surface area (Å²) in [5.74, 6) is 0. The molecule has 6 aromatic carbocycles. The monoisotopic (exact) mass is 686 g/mol. The number of nitro groups is 1. The highest BCUT2D eigenvalue weighted by atomic mass is 16.6. The molecule has 6 rings (SSSR count). The van der Waals surface area contributed by atoms with Crippen LogP contribution in [0.3, 0.4) is 0 Å². The summed E-state index contributed by atoms with van der Waals surface area (Å²) in [6, 6.07) is 56.6. The Hall–Kier alpha value is -6.08. The minimum atomic E-state index is -0.376. The van der Waals surface area contributed by atoms with Crippen molar-refractivity contribution in [2.24, 2.45) is 0 Å². The van der Waals surface area contributed by atoms with E-state index in [0.29, 0.717) is 12.6 Å². The smallest absolute Gasteiger partial charge is 0.269 e. The first-order valence-corrected chi connectivity index (χ1v) is 17.6. The maximum Gasteiger partial charge on any atom is 0.269 e. The summed E-state index contributed by atoms with van der Waals surface area (Å²) in [7, 11) is 0. The molecule has 2 atom stereocenters. The molecule has 0 saturated carbocycles. The summed E-state index contributed by atoms with van der Waals surface area (Å²) in [6.45, 7) is 5.81. The molecule has 6 heteroatoms. The van der Waals surface area contributed by atoms with Gasteiger partial charge in [-0.15, -0.1) is 0 Å². The quantitative estimate of drug-likeness (QED) is 0.0639. The number of hydrogen-bond donors (Lipinski definition) is 3. The Morgan fingerprint density at radius 1 is 0.538 bits per heavy atom. The van der Waals surface area contributed by atoms with Gasteiger partial charge in [0.1, 0.15) is 0 Å². The molecule has 262 valence electrons. The summed E-state index contributed by atoms with van der Waals surface area (Å²) in [6.07, 6.45) is 4.39. The number of anilines is 1. The van der Waals surface area contributed by atoms with Gasteiger partial charge in [0.15, 0.2) is 0 Å². The normalized spacial score (nSPS) is 12.7. The fraction of sp³-hybridized carbons (Fsp3) is 0.130. The van der Waals surface area contributed by atoms with Gasteiger partial charge in [-0.25, -0.2) is 0 Å². The van der Waals surface area contributed by atoms with E-state index in [2.05, 4.69) is 109 Å². The van der Waals surface area contributed by atoms with E-state index in [1.54, 1.807) is 24.3 Å². The largest absolute Gasteiger partial charge is 0.399 e. The fourth-order valence-electron chi connectivity index (χ4n) is 5.86. The number of nitrogens with zero attached hydrogens (tertiary/aromatic N) is 1. The number of benzene rings is 6. The third-order valence-corrected chi connectivity index (χ3v) is 8.84. The first-order chi connectivity index (χ1) is 25.4. The van der Waals surface area contributed by atoms with E-state index >= 15 is 0 Å². The second kappa shape index (κ2) is 19.3. The van der Waals surface area contributed by atoms with Crippen molar-refractivity contribution >= 4 is 22.5 Å². The zero-order valence-electron chi connectivity index (χ0n) is 29.7. The Kier molecular flexibility index (Phi) is 13.8. The van der Waals surface area contributed by atoms with Gasteiger partial charge in [-0.05, 0) is 82.6 Å². The van der Waals surface area contributed by atoms with Crippen molar-refractivity contribution in [1.82, 2.24) is 10.6 Å². The summed E-state index contributed by atoms with van der Waals surface area (Å²) < 4.78 is 0. The predicted molar refractivity (Wildman–Crippen MR) is 217 cm³/mol. The van der Waals surface area contributed by atoms with Gasteiger partial charge in [0.2, 0.25) is 0 Å². The molecule has 0 radical (unpaired) electrons. The zero-order chi connectivity index (χ0) is 36.5. The summed E-state index contributed by atoms with van der Waals surface area (Å²) >= 11 is 0. The lowest BCUT2D eigenvalue weighted by molar-refractivity contribution is -0.384. The van der Waals surface area contributed by atoms with Crippen LogP contribution in [-0.4, -0.2) is 18.0 Å². The van der Waals surface area contributed by atoms with Crippen molar-refractivity contribution in [3.63, 3.8) is 0 Å². The maximum absolute atomic E-state index is 10.9. The fourth-order valence-corrected chi connectivity index (χ4v) is 5.86. The number of nitro benzene ring substituents is 1. The first kappa shape index (κ1) is 37.2. The molecule has 0 spiro atoms. The van der Waals surface area contributed by atoms with E-state index in [1.807, 2.05) is 72.8 Å². The Balaban J connectivity index is 0.000000202. The average Bonchev–Trinajstić information content (AvgIpc) is 3.20. The summed E-state index contributed by atoms with van der Waals surface area (Å²) in [5.41, 5.74) is 16.0. The summed E-state index contributed by atoms with van der Waals surface area (Å²) in [5, 5.41) is 18.0. The molecule has 0 bridgehead atoms. The van der Waals surface area contributed by atoms with Crippen LogP contribution in [0, 0.1) is 10.1 Å². The van der Waals surface area contributed by atoms with Gasteiger partial charge in [0, 0.05) is 43.0 Å². The molecule has 0 aliphatic rings. The molecule has 52 heavy (non-hydrogen) atoms. The number of rotatable bonds is 13.